The van der Waals surface area contributed by atoms with Crippen molar-refractivity contribution < 1.29 is 14.3 Å². The maximum absolute atomic E-state index is 10.2. The summed E-state index contributed by atoms with van der Waals surface area (Å²) in [5, 5.41) is 0. The molecule has 0 saturated heterocycles. The van der Waals surface area contributed by atoms with Gasteiger partial charge in [0, 0.05) is 5.56 Å². The first-order chi connectivity index (χ1) is 9.19. The van der Waals surface area contributed by atoms with Crippen LogP contribution in [0, 0.1) is 6.92 Å². The molecule has 0 aliphatic rings. The van der Waals surface area contributed by atoms with Crippen LogP contribution in [0.5, 0.6) is 11.5 Å². The summed E-state index contributed by atoms with van der Waals surface area (Å²) in [5.74, 6) is 1.69. The smallest absolute Gasteiger partial charge is 0.150 e. The highest BCUT2D eigenvalue weighted by Gasteiger charge is 1.89. The van der Waals surface area contributed by atoms with Crippen LogP contribution >= 0.6 is 0 Å². The number of carbonyl (C=O) groups excluding carboxylic acids is 1. The highest BCUT2D eigenvalue weighted by atomic mass is 16.5. The van der Waals surface area contributed by atoms with Crippen LogP contribution in [0.2, 0.25) is 0 Å². The van der Waals surface area contributed by atoms with Crippen molar-refractivity contribution in [2.45, 2.75) is 6.92 Å². The number of methoxy groups -OCH3 is 2. The second-order valence-corrected chi connectivity index (χ2v) is 3.91. The molecule has 3 heteroatoms. The molecule has 0 aliphatic carbocycles. The molecule has 0 N–H and O–H groups in total. The molecule has 0 amide bonds. The van der Waals surface area contributed by atoms with Crippen molar-refractivity contribution in [1.29, 1.82) is 0 Å². The average Bonchev–Trinajstić information content (AvgIpc) is 2.49. The average molecular weight is 258 g/mol. The molecule has 0 aromatic heterocycles. The van der Waals surface area contributed by atoms with Crippen molar-refractivity contribution in [1.82, 2.24) is 0 Å². The third kappa shape index (κ3) is 5.25. The van der Waals surface area contributed by atoms with Gasteiger partial charge in [0.05, 0.1) is 14.2 Å². The predicted octanol–water partition coefficient (Wildman–Crippen LogP) is 3.51. The summed E-state index contributed by atoms with van der Waals surface area (Å²) in [6.45, 7) is 2.06. The van der Waals surface area contributed by atoms with Crippen molar-refractivity contribution >= 4 is 6.29 Å². The van der Waals surface area contributed by atoms with E-state index >= 15 is 0 Å². The Hall–Kier alpha value is -2.29. The number of hydrogen-bond acceptors (Lipinski definition) is 3. The summed E-state index contributed by atoms with van der Waals surface area (Å²) in [6, 6.07) is 14.9. The molecule has 2 rings (SSSR count). The standard InChI is InChI=1S/C8H8O2.C8H10O/c1-10-8-4-2-7(6-9)3-5-8;1-7-3-5-8(9-2)6-4-7/h2-6H,1H3;3-6H,1-2H3. The topological polar surface area (TPSA) is 35.5 Å². The lowest BCUT2D eigenvalue weighted by molar-refractivity contribution is 0.112. The lowest BCUT2D eigenvalue weighted by Gasteiger charge is -1.97. The Labute approximate surface area is 113 Å². The zero-order valence-electron chi connectivity index (χ0n) is 11.4. The Bertz CT molecular complexity index is 486. The minimum absolute atomic E-state index is 0.667. The fourth-order valence-electron chi connectivity index (χ4n) is 1.36. The molecule has 0 aliphatic heterocycles. The third-order valence-electron chi connectivity index (χ3n) is 2.51. The molecule has 0 atom stereocenters. The van der Waals surface area contributed by atoms with Gasteiger partial charge in [-0.3, -0.25) is 4.79 Å². The van der Waals surface area contributed by atoms with Gasteiger partial charge in [0.2, 0.25) is 0 Å². The fourth-order valence-corrected chi connectivity index (χ4v) is 1.36. The van der Waals surface area contributed by atoms with Gasteiger partial charge in [0.1, 0.15) is 17.8 Å². The molecule has 19 heavy (non-hydrogen) atoms. The van der Waals surface area contributed by atoms with E-state index in [1.165, 1.54) is 5.56 Å². The van der Waals surface area contributed by atoms with E-state index in [1.807, 2.05) is 24.3 Å². The summed E-state index contributed by atoms with van der Waals surface area (Å²) < 4.78 is 9.87. The Morgan fingerprint density at radius 3 is 1.58 bits per heavy atom. The van der Waals surface area contributed by atoms with Crippen molar-refractivity contribution in [3.63, 3.8) is 0 Å². The van der Waals surface area contributed by atoms with E-state index in [9.17, 15) is 4.79 Å². The second kappa shape index (κ2) is 7.93. The van der Waals surface area contributed by atoms with Gasteiger partial charge >= 0.3 is 0 Å². The van der Waals surface area contributed by atoms with Crippen LogP contribution in [0.15, 0.2) is 48.5 Å². The van der Waals surface area contributed by atoms with Gasteiger partial charge < -0.3 is 9.47 Å². The largest absolute Gasteiger partial charge is 0.497 e. The van der Waals surface area contributed by atoms with Gasteiger partial charge in [-0.05, 0) is 43.3 Å². The van der Waals surface area contributed by atoms with Crippen LogP contribution in [0.1, 0.15) is 15.9 Å². The van der Waals surface area contributed by atoms with Crippen LogP contribution in [0.25, 0.3) is 0 Å². The Balaban J connectivity index is 0.000000191. The molecule has 100 valence electrons. The van der Waals surface area contributed by atoms with E-state index in [0.717, 1.165) is 17.8 Å². The van der Waals surface area contributed by atoms with Crippen molar-refractivity contribution in [3.05, 3.63) is 59.7 Å². The van der Waals surface area contributed by atoms with Gasteiger partial charge in [-0.25, -0.2) is 0 Å². The summed E-state index contributed by atoms with van der Waals surface area (Å²) in [4.78, 5) is 10.2. The molecule has 3 nitrogen and oxygen atoms in total. The van der Waals surface area contributed by atoms with Gasteiger partial charge in [-0.1, -0.05) is 17.7 Å². The first kappa shape index (κ1) is 14.8. The van der Waals surface area contributed by atoms with Gasteiger partial charge in [-0.2, -0.15) is 0 Å². The van der Waals surface area contributed by atoms with E-state index in [4.69, 9.17) is 9.47 Å². The number of rotatable bonds is 3. The lowest BCUT2D eigenvalue weighted by atomic mass is 10.2. The summed E-state index contributed by atoms with van der Waals surface area (Å²) >= 11 is 0. The quantitative estimate of drug-likeness (QED) is 0.790. The molecule has 0 heterocycles. The molecular formula is C16H18O3. The molecule has 2 aromatic carbocycles. The SMILES string of the molecule is COc1ccc(C)cc1.COc1ccc(C=O)cc1. The number of aryl methyl sites for hydroxylation is 1. The normalized spacial score (nSPS) is 9.00. The Morgan fingerprint density at radius 2 is 1.21 bits per heavy atom. The first-order valence-electron chi connectivity index (χ1n) is 5.89. The highest BCUT2D eigenvalue weighted by molar-refractivity contribution is 5.74. The summed E-state index contributed by atoms with van der Waals surface area (Å²) in [5.41, 5.74) is 1.93. The summed E-state index contributed by atoms with van der Waals surface area (Å²) in [6.07, 6.45) is 0.805. The van der Waals surface area contributed by atoms with E-state index in [2.05, 4.69) is 6.92 Å². The van der Waals surface area contributed by atoms with Crippen LogP contribution < -0.4 is 9.47 Å². The number of hydrogen-bond donors (Lipinski definition) is 0. The molecule has 0 radical (unpaired) electrons. The first-order valence-corrected chi connectivity index (χ1v) is 5.89. The molecule has 0 spiro atoms. The molecule has 0 bridgehead atoms. The van der Waals surface area contributed by atoms with E-state index in [0.29, 0.717) is 5.56 Å². The van der Waals surface area contributed by atoms with E-state index in [-0.39, 0.29) is 0 Å². The van der Waals surface area contributed by atoms with E-state index in [1.54, 1.807) is 38.5 Å². The monoisotopic (exact) mass is 258 g/mol. The second-order valence-electron chi connectivity index (χ2n) is 3.91. The lowest BCUT2D eigenvalue weighted by Crippen LogP contribution is -1.82. The van der Waals surface area contributed by atoms with E-state index < -0.39 is 0 Å². The molecule has 0 fully saturated rings. The number of aldehydes is 1. The van der Waals surface area contributed by atoms with Crippen LogP contribution in [-0.2, 0) is 0 Å². The molecular weight excluding hydrogens is 240 g/mol. The van der Waals surface area contributed by atoms with Gasteiger partial charge in [0.15, 0.2) is 0 Å². The Kier molecular flexibility index (Phi) is 6.16. The third-order valence-corrected chi connectivity index (χ3v) is 2.51. The maximum atomic E-state index is 10.2. The molecule has 0 unspecified atom stereocenters. The molecule has 2 aromatic rings. The molecule has 0 saturated carbocycles. The minimum Gasteiger partial charge on any atom is -0.497 e. The van der Waals surface area contributed by atoms with Crippen molar-refractivity contribution in [2.24, 2.45) is 0 Å². The van der Waals surface area contributed by atoms with Crippen molar-refractivity contribution in [2.75, 3.05) is 14.2 Å². The Morgan fingerprint density at radius 1 is 0.789 bits per heavy atom. The number of carbonyl (C=O) groups is 1. The highest BCUT2D eigenvalue weighted by Crippen LogP contribution is 2.10. The van der Waals surface area contributed by atoms with Crippen LogP contribution in [0.4, 0.5) is 0 Å². The fraction of sp³-hybridized carbons (Fsp3) is 0.188. The van der Waals surface area contributed by atoms with Gasteiger partial charge in [-0.15, -0.1) is 0 Å². The summed E-state index contributed by atoms with van der Waals surface area (Å²) in [7, 11) is 3.26. The number of ether oxygens (including phenoxy) is 2. The maximum Gasteiger partial charge on any atom is 0.150 e. The van der Waals surface area contributed by atoms with Crippen molar-refractivity contribution in [3.8, 4) is 11.5 Å². The predicted molar refractivity (Wildman–Crippen MR) is 76.1 cm³/mol. The van der Waals surface area contributed by atoms with Crippen LogP contribution in [0.3, 0.4) is 0 Å². The minimum atomic E-state index is 0.667. The van der Waals surface area contributed by atoms with Crippen LogP contribution in [-0.4, -0.2) is 20.5 Å². The van der Waals surface area contributed by atoms with Gasteiger partial charge in [0.25, 0.3) is 0 Å². The zero-order chi connectivity index (χ0) is 14.1. The zero-order valence-corrected chi connectivity index (χ0v) is 11.4. The number of benzene rings is 2.